The van der Waals surface area contributed by atoms with Crippen LogP contribution < -0.4 is 10.1 Å². The summed E-state index contributed by atoms with van der Waals surface area (Å²) in [6.45, 7) is 1.68. The Balaban J connectivity index is 2.38. The smallest absolute Gasteiger partial charge is 0.258 e. The van der Waals surface area contributed by atoms with E-state index >= 15 is 0 Å². The van der Waals surface area contributed by atoms with Crippen molar-refractivity contribution in [2.45, 2.75) is 6.92 Å². The molecule has 0 heterocycles. The summed E-state index contributed by atoms with van der Waals surface area (Å²) in [5.74, 6) is 0.0504. The highest BCUT2D eigenvalue weighted by molar-refractivity contribution is 6.31. The lowest BCUT2D eigenvalue weighted by Gasteiger charge is -2.11. The fourth-order valence-electron chi connectivity index (χ4n) is 1.24. The van der Waals surface area contributed by atoms with Gasteiger partial charge in [0.15, 0.2) is 6.61 Å². The van der Waals surface area contributed by atoms with Gasteiger partial charge in [-0.25, -0.2) is 0 Å². The first kappa shape index (κ1) is 15.3. The van der Waals surface area contributed by atoms with Crippen molar-refractivity contribution in [1.82, 2.24) is 10.2 Å². The molecule has 1 N–H and O–H groups in total. The Morgan fingerprint density at radius 2 is 2.05 bits per heavy atom. The van der Waals surface area contributed by atoms with Crippen molar-refractivity contribution in [1.29, 1.82) is 0 Å². The number of carbonyl (C=O) groups excluding carboxylic acids is 2. The van der Waals surface area contributed by atoms with Crippen LogP contribution in [0, 0.1) is 6.92 Å². The number of ether oxygens (including phenoxy) is 1. The van der Waals surface area contributed by atoms with Crippen LogP contribution in [0.2, 0.25) is 5.02 Å². The van der Waals surface area contributed by atoms with Crippen molar-refractivity contribution >= 4 is 23.4 Å². The van der Waals surface area contributed by atoms with Crippen LogP contribution in [0.1, 0.15) is 5.56 Å². The number of nitrogens with one attached hydrogen (secondary N) is 1. The first-order valence-corrected chi connectivity index (χ1v) is 6.13. The number of hydrogen-bond donors (Lipinski definition) is 1. The second-order valence-electron chi connectivity index (χ2n) is 4.26. The first-order chi connectivity index (χ1) is 8.90. The van der Waals surface area contributed by atoms with Gasteiger partial charge in [-0.05, 0) is 30.7 Å². The summed E-state index contributed by atoms with van der Waals surface area (Å²) in [5, 5.41) is 3.13. The van der Waals surface area contributed by atoms with Crippen LogP contribution in [0.25, 0.3) is 0 Å². The molecule has 5 nitrogen and oxygen atoms in total. The van der Waals surface area contributed by atoms with Crippen molar-refractivity contribution in [3.63, 3.8) is 0 Å². The van der Waals surface area contributed by atoms with Crippen LogP contribution in [0.3, 0.4) is 0 Å². The Hall–Kier alpha value is -1.75. The molecule has 0 radical (unpaired) electrons. The molecule has 0 fully saturated rings. The second kappa shape index (κ2) is 6.99. The quantitative estimate of drug-likeness (QED) is 0.885. The molecule has 1 aromatic rings. The average molecular weight is 285 g/mol. The third-order valence-electron chi connectivity index (χ3n) is 2.43. The van der Waals surface area contributed by atoms with E-state index in [9.17, 15) is 9.59 Å². The molecule has 1 aromatic carbocycles. The maximum atomic E-state index is 11.5. The molecule has 0 aliphatic carbocycles. The van der Waals surface area contributed by atoms with Crippen LogP contribution in [-0.4, -0.2) is 44.0 Å². The maximum absolute atomic E-state index is 11.5. The van der Waals surface area contributed by atoms with E-state index in [0.717, 1.165) is 5.56 Å². The molecule has 0 saturated heterocycles. The number of rotatable bonds is 5. The number of carbonyl (C=O) groups is 2. The molecule has 0 spiro atoms. The minimum Gasteiger partial charge on any atom is -0.484 e. The molecular formula is C13H17ClN2O3. The van der Waals surface area contributed by atoms with Crippen molar-refractivity contribution in [2.75, 3.05) is 27.2 Å². The molecule has 0 aliphatic heterocycles. The zero-order valence-electron chi connectivity index (χ0n) is 11.2. The minimum absolute atomic E-state index is 0.0329. The molecule has 6 heteroatoms. The van der Waals surface area contributed by atoms with Crippen LogP contribution >= 0.6 is 11.6 Å². The van der Waals surface area contributed by atoms with Crippen LogP contribution in [0.4, 0.5) is 0 Å². The predicted molar refractivity (Wildman–Crippen MR) is 73.4 cm³/mol. The largest absolute Gasteiger partial charge is 0.484 e. The highest BCUT2D eigenvalue weighted by Gasteiger charge is 2.08. The summed E-state index contributed by atoms with van der Waals surface area (Å²) in [7, 11) is 3.25. The fourth-order valence-corrected chi connectivity index (χ4v) is 1.36. The summed E-state index contributed by atoms with van der Waals surface area (Å²) in [6, 6.07) is 5.15. The van der Waals surface area contributed by atoms with E-state index < -0.39 is 0 Å². The van der Waals surface area contributed by atoms with Crippen molar-refractivity contribution in [3.8, 4) is 5.75 Å². The van der Waals surface area contributed by atoms with Gasteiger partial charge in [-0.15, -0.1) is 0 Å². The van der Waals surface area contributed by atoms with Gasteiger partial charge in [0.05, 0.1) is 6.54 Å². The molecular weight excluding hydrogens is 268 g/mol. The van der Waals surface area contributed by atoms with E-state index in [1.165, 1.54) is 4.90 Å². The number of halogens is 1. The number of likely N-dealkylation sites (N-methyl/N-ethyl adjacent to an activating group) is 1. The van der Waals surface area contributed by atoms with Gasteiger partial charge in [0, 0.05) is 19.1 Å². The van der Waals surface area contributed by atoms with Gasteiger partial charge >= 0.3 is 0 Å². The highest BCUT2D eigenvalue weighted by atomic mass is 35.5. The van der Waals surface area contributed by atoms with Gasteiger partial charge in [-0.1, -0.05) is 11.6 Å². The van der Waals surface area contributed by atoms with E-state index in [-0.39, 0.29) is 25.0 Å². The molecule has 0 bridgehead atoms. The van der Waals surface area contributed by atoms with E-state index in [4.69, 9.17) is 16.3 Å². The lowest BCUT2D eigenvalue weighted by Crippen LogP contribution is -2.38. The number of nitrogens with zero attached hydrogens (tertiary/aromatic N) is 1. The lowest BCUT2D eigenvalue weighted by atomic mass is 10.2. The molecule has 2 amide bonds. The zero-order chi connectivity index (χ0) is 14.4. The normalized spacial score (nSPS) is 9.89. The number of hydrogen-bond acceptors (Lipinski definition) is 3. The third-order valence-corrected chi connectivity index (χ3v) is 2.86. The van der Waals surface area contributed by atoms with Gasteiger partial charge in [0.25, 0.3) is 5.91 Å². The zero-order valence-corrected chi connectivity index (χ0v) is 12.0. The van der Waals surface area contributed by atoms with Crippen molar-refractivity contribution < 1.29 is 14.3 Å². The Kier molecular flexibility index (Phi) is 5.63. The molecule has 1 rings (SSSR count). The van der Waals surface area contributed by atoms with Crippen molar-refractivity contribution in [2.24, 2.45) is 0 Å². The molecule has 0 atom stereocenters. The summed E-state index contributed by atoms with van der Waals surface area (Å²) in [4.78, 5) is 24.1. The second-order valence-corrected chi connectivity index (χ2v) is 4.67. The monoisotopic (exact) mass is 284 g/mol. The Labute approximate surface area is 117 Å². The van der Waals surface area contributed by atoms with E-state index in [1.54, 1.807) is 32.3 Å². The van der Waals surface area contributed by atoms with E-state index in [1.807, 2.05) is 6.92 Å². The van der Waals surface area contributed by atoms with Gasteiger partial charge in [-0.3, -0.25) is 9.59 Å². The van der Waals surface area contributed by atoms with Crippen LogP contribution in [0.5, 0.6) is 5.75 Å². The summed E-state index contributed by atoms with van der Waals surface area (Å²) in [6.07, 6.45) is 0. The highest BCUT2D eigenvalue weighted by Crippen LogP contribution is 2.20. The van der Waals surface area contributed by atoms with Crippen molar-refractivity contribution in [3.05, 3.63) is 28.8 Å². The summed E-state index contributed by atoms with van der Waals surface area (Å²) in [5.41, 5.74) is 0.877. The molecule has 104 valence electrons. The van der Waals surface area contributed by atoms with Crippen LogP contribution in [-0.2, 0) is 9.59 Å². The van der Waals surface area contributed by atoms with Gasteiger partial charge < -0.3 is 15.0 Å². The molecule has 19 heavy (non-hydrogen) atoms. The molecule has 0 unspecified atom stereocenters. The molecule has 0 aliphatic rings. The molecule has 0 aromatic heterocycles. The van der Waals surface area contributed by atoms with Gasteiger partial charge in [0.2, 0.25) is 5.91 Å². The van der Waals surface area contributed by atoms with Crippen LogP contribution in [0.15, 0.2) is 18.2 Å². The number of aryl methyl sites for hydroxylation is 1. The van der Waals surface area contributed by atoms with Gasteiger partial charge in [-0.2, -0.15) is 0 Å². The minimum atomic E-state index is -0.345. The number of amides is 2. The van der Waals surface area contributed by atoms with Gasteiger partial charge in [0.1, 0.15) is 5.75 Å². The maximum Gasteiger partial charge on any atom is 0.258 e. The predicted octanol–water partition coefficient (Wildman–Crippen LogP) is 1.23. The molecule has 0 saturated carbocycles. The fraction of sp³-hybridized carbons (Fsp3) is 0.385. The third kappa shape index (κ3) is 5.18. The Morgan fingerprint density at radius 1 is 1.37 bits per heavy atom. The standard InChI is InChI=1S/C13H17ClN2O3/c1-9-6-10(4-5-11(9)14)19-8-12(17)15-7-13(18)16(2)3/h4-6H,7-8H2,1-3H3,(H,15,17). The summed E-state index contributed by atoms with van der Waals surface area (Å²) >= 11 is 5.88. The average Bonchev–Trinajstić information content (AvgIpc) is 2.37. The lowest BCUT2D eigenvalue weighted by molar-refractivity contribution is -0.131. The van der Waals surface area contributed by atoms with E-state index in [2.05, 4.69) is 5.32 Å². The topological polar surface area (TPSA) is 58.6 Å². The Morgan fingerprint density at radius 3 is 2.63 bits per heavy atom. The summed E-state index contributed by atoms with van der Waals surface area (Å²) < 4.78 is 5.30. The van der Waals surface area contributed by atoms with E-state index in [0.29, 0.717) is 10.8 Å². The number of benzene rings is 1. The first-order valence-electron chi connectivity index (χ1n) is 5.76. The Bertz CT molecular complexity index is 475. The SMILES string of the molecule is Cc1cc(OCC(=O)NCC(=O)N(C)C)ccc1Cl.